The average Bonchev–Trinajstić information content (AvgIpc) is 3.64. The summed E-state index contributed by atoms with van der Waals surface area (Å²) in [5.74, 6) is -0.157. The van der Waals surface area contributed by atoms with Crippen LogP contribution in [-0.2, 0) is 0 Å². The Labute approximate surface area is 236 Å². The first-order chi connectivity index (χ1) is 20.3. The van der Waals surface area contributed by atoms with Crippen molar-refractivity contribution >= 4 is 17.0 Å². The summed E-state index contributed by atoms with van der Waals surface area (Å²) >= 11 is 0. The minimum Gasteiger partial charge on any atom is -0.452 e. The second-order valence-corrected chi connectivity index (χ2v) is 9.38. The van der Waals surface area contributed by atoms with Crippen LogP contribution in [0.25, 0.3) is 22.6 Å². The molecule has 1 fully saturated rings. The molecule has 216 valence electrons. The number of methoxy groups -OCH3 is 1. The molecule has 11 nitrogen and oxygen atoms in total. The maximum absolute atomic E-state index is 13.4. The molecule has 5 aromatic rings. The van der Waals surface area contributed by atoms with E-state index in [0.717, 1.165) is 17.7 Å². The molecule has 1 atom stereocenters. The Bertz CT molecular complexity index is 1700. The summed E-state index contributed by atoms with van der Waals surface area (Å²) < 4.78 is 58.2. The summed E-state index contributed by atoms with van der Waals surface area (Å²) in [5.41, 5.74) is 2.06. The van der Waals surface area contributed by atoms with Crippen molar-refractivity contribution in [3.05, 3.63) is 84.0 Å². The molecule has 14 heteroatoms. The fourth-order valence-corrected chi connectivity index (χ4v) is 4.81. The molecule has 1 aliphatic rings. The fraction of sp³-hybridized carbons (Fsp3) is 0.250. The first-order valence-electron chi connectivity index (χ1n) is 12.9. The van der Waals surface area contributed by atoms with Crippen molar-refractivity contribution in [1.29, 1.82) is 0 Å². The number of benzene rings is 2. The van der Waals surface area contributed by atoms with Crippen LogP contribution in [-0.4, -0.2) is 75.5 Å². The molecular formula is C28H23F3N6O5. The topological polar surface area (TPSA) is 120 Å². The number of fused-ring (bicyclic) bond motifs is 1. The zero-order valence-electron chi connectivity index (χ0n) is 22.1. The maximum Gasteiger partial charge on any atom is 0.573 e. The molecule has 1 amide bonds. The molecule has 0 radical (unpaired) electrons. The van der Waals surface area contributed by atoms with Crippen LogP contribution < -0.4 is 9.47 Å². The number of hydrogen-bond donors (Lipinski definition) is 0. The molecule has 0 spiro atoms. The van der Waals surface area contributed by atoms with Crippen molar-refractivity contribution < 1.29 is 36.3 Å². The fourth-order valence-electron chi connectivity index (χ4n) is 4.81. The lowest BCUT2D eigenvalue weighted by Gasteiger charge is -2.38. The van der Waals surface area contributed by atoms with Crippen LogP contribution in [0.4, 0.5) is 13.2 Å². The molecule has 42 heavy (non-hydrogen) atoms. The van der Waals surface area contributed by atoms with Crippen LogP contribution in [0.15, 0.2) is 75.7 Å². The second kappa shape index (κ2) is 11.1. The molecule has 0 bridgehead atoms. The number of piperazine rings is 1. The number of nitrogens with zero attached hydrogens (tertiary/aromatic N) is 6. The molecule has 0 unspecified atom stereocenters. The Balaban J connectivity index is 1.17. The van der Waals surface area contributed by atoms with Crippen molar-refractivity contribution in [3.8, 4) is 23.3 Å². The number of pyridine rings is 1. The van der Waals surface area contributed by atoms with E-state index in [9.17, 15) is 18.0 Å². The molecule has 1 saturated heterocycles. The third-order valence-electron chi connectivity index (χ3n) is 6.73. The molecule has 6 rings (SSSR count). The molecule has 0 N–H and O–H groups in total. The summed E-state index contributed by atoms with van der Waals surface area (Å²) in [6, 6.07) is 16.2. The predicted octanol–water partition coefficient (Wildman–Crippen LogP) is 4.73. The smallest absolute Gasteiger partial charge is 0.452 e. The second-order valence-electron chi connectivity index (χ2n) is 9.38. The van der Waals surface area contributed by atoms with E-state index in [1.165, 1.54) is 19.4 Å². The standard InChI is InChI=1S/C28H23F3N6O5/c1-39-27-35-34-25(41-27)23(17-5-3-2-4-6-17)36-11-13-37(14-12-36)26(38)21-15-18(9-10-32-21)24-33-20-16-19(42-28(29,30)31)7-8-22(20)40-24/h2-10,15-16,23H,11-14H2,1H3/t23-/m1/s1. The van der Waals surface area contributed by atoms with E-state index in [4.69, 9.17) is 13.6 Å². The maximum atomic E-state index is 13.4. The van der Waals surface area contributed by atoms with Crippen LogP contribution in [0.1, 0.15) is 28.0 Å². The predicted molar refractivity (Wildman–Crippen MR) is 141 cm³/mol. The quantitative estimate of drug-likeness (QED) is 0.267. The minimum absolute atomic E-state index is 0.0692. The van der Waals surface area contributed by atoms with Crippen molar-refractivity contribution in [2.24, 2.45) is 0 Å². The Morgan fingerprint density at radius 3 is 2.48 bits per heavy atom. The number of alkyl halides is 3. The van der Waals surface area contributed by atoms with Crippen LogP contribution >= 0.6 is 0 Å². The highest BCUT2D eigenvalue weighted by molar-refractivity contribution is 5.93. The highest BCUT2D eigenvalue weighted by atomic mass is 19.4. The number of ether oxygens (including phenoxy) is 2. The molecule has 2 aromatic carbocycles. The third kappa shape index (κ3) is 5.74. The summed E-state index contributed by atoms with van der Waals surface area (Å²) in [4.78, 5) is 25.8. The summed E-state index contributed by atoms with van der Waals surface area (Å²) in [5, 5.41) is 8.09. The first kappa shape index (κ1) is 27.2. The summed E-state index contributed by atoms with van der Waals surface area (Å²) in [6.45, 7) is 1.90. The number of hydrogen-bond acceptors (Lipinski definition) is 10. The highest BCUT2D eigenvalue weighted by Gasteiger charge is 2.33. The zero-order chi connectivity index (χ0) is 29.3. The van der Waals surface area contributed by atoms with Crippen LogP contribution in [0.5, 0.6) is 11.8 Å². The van der Waals surface area contributed by atoms with Gasteiger partial charge in [0.15, 0.2) is 5.58 Å². The van der Waals surface area contributed by atoms with Gasteiger partial charge in [0.1, 0.15) is 23.0 Å². The average molecular weight is 581 g/mol. The number of carbonyl (C=O) groups is 1. The van der Waals surface area contributed by atoms with Crippen molar-refractivity contribution in [2.45, 2.75) is 12.4 Å². The van der Waals surface area contributed by atoms with Crippen LogP contribution in [0.3, 0.4) is 0 Å². The normalized spacial score (nSPS) is 15.1. The van der Waals surface area contributed by atoms with Gasteiger partial charge in [-0.2, -0.15) is 0 Å². The lowest BCUT2D eigenvalue weighted by molar-refractivity contribution is -0.274. The number of aromatic nitrogens is 4. The van der Waals surface area contributed by atoms with Crippen molar-refractivity contribution in [2.75, 3.05) is 33.3 Å². The lowest BCUT2D eigenvalue weighted by Crippen LogP contribution is -2.50. The first-order valence-corrected chi connectivity index (χ1v) is 12.9. The Morgan fingerprint density at radius 1 is 0.976 bits per heavy atom. The van der Waals surface area contributed by atoms with E-state index in [-0.39, 0.29) is 40.7 Å². The van der Waals surface area contributed by atoms with Gasteiger partial charge >= 0.3 is 12.4 Å². The minimum atomic E-state index is -4.82. The summed E-state index contributed by atoms with van der Waals surface area (Å²) in [6.07, 6.45) is -3.30. The van der Waals surface area contributed by atoms with Crippen molar-refractivity contribution in [1.82, 2.24) is 30.0 Å². The van der Waals surface area contributed by atoms with Gasteiger partial charge in [0.2, 0.25) is 11.8 Å². The van der Waals surface area contributed by atoms with E-state index in [1.807, 2.05) is 30.3 Å². The Hall–Kier alpha value is -4.98. The van der Waals surface area contributed by atoms with E-state index < -0.39 is 12.1 Å². The van der Waals surface area contributed by atoms with Gasteiger partial charge in [0, 0.05) is 44.0 Å². The number of oxazole rings is 1. The van der Waals surface area contributed by atoms with E-state index in [2.05, 4.69) is 29.8 Å². The van der Waals surface area contributed by atoms with Gasteiger partial charge in [0.05, 0.1) is 7.11 Å². The van der Waals surface area contributed by atoms with Gasteiger partial charge in [-0.25, -0.2) is 4.98 Å². The van der Waals surface area contributed by atoms with Crippen LogP contribution in [0.2, 0.25) is 0 Å². The Morgan fingerprint density at radius 2 is 1.76 bits per heavy atom. The van der Waals surface area contributed by atoms with E-state index in [0.29, 0.717) is 37.6 Å². The van der Waals surface area contributed by atoms with E-state index in [1.54, 1.807) is 17.0 Å². The molecule has 1 aliphatic heterocycles. The molecule has 4 heterocycles. The van der Waals surface area contributed by atoms with Crippen molar-refractivity contribution in [3.63, 3.8) is 0 Å². The third-order valence-corrected chi connectivity index (χ3v) is 6.73. The zero-order valence-corrected chi connectivity index (χ0v) is 22.1. The number of halogens is 3. The number of carbonyl (C=O) groups excluding carboxylic acids is 1. The van der Waals surface area contributed by atoms with Gasteiger partial charge in [-0.05, 0) is 29.8 Å². The van der Waals surface area contributed by atoms with Crippen LogP contribution in [0, 0.1) is 0 Å². The lowest BCUT2D eigenvalue weighted by atomic mass is 10.0. The highest BCUT2D eigenvalue weighted by Crippen LogP contribution is 2.32. The Kier molecular flexibility index (Phi) is 7.20. The molecule has 0 aliphatic carbocycles. The van der Waals surface area contributed by atoms with Gasteiger partial charge in [-0.3, -0.25) is 14.7 Å². The number of rotatable bonds is 7. The number of amides is 1. The van der Waals surface area contributed by atoms with Gasteiger partial charge in [0.25, 0.3) is 5.91 Å². The van der Waals surface area contributed by atoms with E-state index >= 15 is 0 Å². The van der Waals surface area contributed by atoms with Gasteiger partial charge in [-0.1, -0.05) is 35.4 Å². The monoisotopic (exact) mass is 580 g/mol. The van der Waals surface area contributed by atoms with Gasteiger partial charge < -0.3 is 23.2 Å². The molecule has 3 aromatic heterocycles. The molecule has 0 saturated carbocycles. The largest absolute Gasteiger partial charge is 0.573 e. The van der Waals surface area contributed by atoms with Gasteiger partial charge in [-0.15, -0.1) is 18.3 Å². The molecular weight excluding hydrogens is 557 g/mol. The SMILES string of the molecule is COc1nnc([C@@H](c2ccccc2)N2CCN(C(=O)c3cc(-c4nc5cc(OC(F)(F)F)ccc5o4)ccn3)CC2)o1. The summed E-state index contributed by atoms with van der Waals surface area (Å²) in [7, 11) is 1.45.